The third-order valence-electron chi connectivity index (χ3n) is 2.42. The number of aryl methyl sites for hydroxylation is 1. The molecule has 1 N–H and O–H groups in total. The van der Waals surface area contributed by atoms with Gasteiger partial charge in [0.1, 0.15) is 12.4 Å². The smallest absolute Gasteiger partial charge is 0.328 e. The molecule has 0 aliphatic rings. The van der Waals surface area contributed by atoms with E-state index in [1.807, 2.05) is 6.92 Å². The molecule has 104 valence electrons. The highest BCUT2D eigenvalue weighted by atomic mass is 35.5. The molecule has 0 atom stereocenters. The van der Waals surface area contributed by atoms with E-state index in [1.54, 1.807) is 24.3 Å². The molecule has 2 rings (SSSR count). The number of ether oxygens (including phenoxy) is 1. The monoisotopic (exact) mass is 293 g/mol. The third kappa shape index (κ3) is 3.86. The summed E-state index contributed by atoms with van der Waals surface area (Å²) in [6.45, 7) is 2.05. The summed E-state index contributed by atoms with van der Waals surface area (Å²) in [7, 11) is 0. The molecule has 0 aliphatic heterocycles. The molecule has 2 aromatic rings. The molecule has 0 bridgehead atoms. The number of hydrogen-bond donors (Lipinski definition) is 1. The van der Waals surface area contributed by atoms with Crippen LogP contribution in [0, 0.1) is 6.92 Å². The Labute approximate surface area is 120 Å². The fourth-order valence-corrected chi connectivity index (χ4v) is 1.78. The number of benzene rings is 1. The second kappa shape index (κ2) is 6.25. The zero-order valence-electron chi connectivity index (χ0n) is 10.7. The Morgan fingerprint density at radius 3 is 2.90 bits per heavy atom. The van der Waals surface area contributed by atoms with Crippen LogP contribution in [-0.4, -0.2) is 16.2 Å². The van der Waals surface area contributed by atoms with E-state index in [1.165, 1.54) is 6.08 Å². The van der Waals surface area contributed by atoms with Crippen LogP contribution in [0.25, 0.3) is 6.08 Å². The van der Waals surface area contributed by atoms with E-state index in [2.05, 4.69) is 5.16 Å². The molecule has 0 fully saturated rings. The van der Waals surface area contributed by atoms with E-state index >= 15 is 0 Å². The molecule has 0 unspecified atom stereocenters. The van der Waals surface area contributed by atoms with Gasteiger partial charge >= 0.3 is 5.97 Å². The summed E-state index contributed by atoms with van der Waals surface area (Å²) in [5.41, 5.74) is 1.46. The van der Waals surface area contributed by atoms with Gasteiger partial charge in [-0.1, -0.05) is 22.8 Å². The van der Waals surface area contributed by atoms with E-state index in [9.17, 15) is 4.79 Å². The lowest BCUT2D eigenvalue weighted by Crippen LogP contribution is -1.94. The van der Waals surface area contributed by atoms with E-state index < -0.39 is 5.97 Å². The van der Waals surface area contributed by atoms with Crippen LogP contribution in [0.3, 0.4) is 0 Å². The maximum absolute atomic E-state index is 10.4. The first-order chi connectivity index (χ1) is 9.54. The Bertz CT molecular complexity index is 648. The van der Waals surface area contributed by atoms with Gasteiger partial charge in [0, 0.05) is 12.1 Å². The average molecular weight is 294 g/mol. The minimum Gasteiger partial charge on any atom is -0.484 e. The number of halogens is 1. The summed E-state index contributed by atoms with van der Waals surface area (Å²) >= 11 is 6.06. The van der Waals surface area contributed by atoms with Crippen LogP contribution in [0.15, 0.2) is 34.9 Å². The lowest BCUT2D eigenvalue weighted by molar-refractivity contribution is -0.131. The number of carbonyl (C=O) groups is 1. The Hall–Kier alpha value is -2.27. The van der Waals surface area contributed by atoms with Gasteiger partial charge in [-0.3, -0.25) is 0 Å². The summed E-state index contributed by atoms with van der Waals surface area (Å²) in [4.78, 5) is 10.4. The zero-order chi connectivity index (χ0) is 14.5. The van der Waals surface area contributed by atoms with E-state index in [4.69, 9.17) is 26.0 Å². The number of aliphatic carboxylic acids is 1. The molecule has 0 saturated heterocycles. The van der Waals surface area contributed by atoms with Gasteiger partial charge in [0.15, 0.2) is 5.76 Å². The molecule has 1 aromatic carbocycles. The number of aromatic nitrogens is 1. The number of hydrogen-bond acceptors (Lipinski definition) is 4. The molecule has 0 amide bonds. The van der Waals surface area contributed by atoms with Gasteiger partial charge in [-0.05, 0) is 30.7 Å². The van der Waals surface area contributed by atoms with Gasteiger partial charge in [0.05, 0.1) is 10.7 Å². The molecule has 0 radical (unpaired) electrons. The summed E-state index contributed by atoms with van der Waals surface area (Å²) in [6.07, 6.45) is 2.50. The van der Waals surface area contributed by atoms with Crippen molar-refractivity contribution in [3.63, 3.8) is 0 Å². The van der Waals surface area contributed by atoms with E-state index in [0.29, 0.717) is 22.1 Å². The molecule has 0 saturated carbocycles. The van der Waals surface area contributed by atoms with Crippen molar-refractivity contribution in [1.29, 1.82) is 0 Å². The highest BCUT2D eigenvalue weighted by molar-refractivity contribution is 6.32. The molecule has 6 heteroatoms. The van der Waals surface area contributed by atoms with Gasteiger partial charge in [-0.2, -0.15) is 0 Å². The Kier molecular flexibility index (Phi) is 4.42. The predicted molar refractivity (Wildman–Crippen MR) is 73.7 cm³/mol. The number of carboxylic acids is 1. The first-order valence-corrected chi connectivity index (χ1v) is 6.18. The predicted octanol–water partition coefficient (Wildman–Crippen LogP) is 3.31. The van der Waals surface area contributed by atoms with Crippen LogP contribution in [0.5, 0.6) is 5.75 Å². The first kappa shape index (κ1) is 14.1. The van der Waals surface area contributed by atoms with Crippen molar-refractivity contribution in [1.82, 2.24) is 5.16 Å². The molecule has 1 heterocycles. The van der Waals surface area contributed by atoms with Gasteiger partial charge in [-0.25, -0.2) is 4.79 Å². The highest BCUT2D eigenvalue weighted by Gasteiger charge is 2.05. The summed E-state index contributed by atoms with van der Waals surface area (Å²) in [5, 5.41) is 12.7. The van der Waals surface area contributed by atoms with Crippen molar-refractivity contribution in [3.05, 3.63) is 52.4 Å². The molecule has 1 aromatic heterocycles. The Balaban J connectivity index is 2.04. The number of carboxylic acid groups (broad SMARTS) is 1. The van der Waals surface area contributed by atoms with Gasteiger partial charge in [0.2, 0.25) is 0 Å². The minimum absolute atomic E-state index is 0.227. The van der Waals surface area contributed by atoms with Crippen molar-refractivity contribution in [2.24, 2.45) is 0 Å². The normalized spacial score (nSPS) is 10.9. The zero-order valence-corrected chi connectivity index (χ0v) is 11.4. The summed E-state index contributed by atoms with van der Waals surface area (Å²) in [5.74, 6) is 0.0868. The van der Waals surface area contributed by atoms with Crippen LogP contribution in [0.1, 0.15) is 17.0 Å². The standard InChI is InChI=1S/C14H12ClNO4/c1-9-6-11(20-16-9)8-19-13-4-2-10(7-12(13)15)3-5-14(17)18/h2-7H,8H2,1H3,(H,17,18). The highest BCUT2D eigenvalue weighted by Crippen LogP contribution is 2.26. The molecule has 5 nitrogen and oxygen atoms in total. The molecule has 0 aliphatic carbocycles. The van der Waals surface area contributed by atoms with E-state index in [0.717, 1.165) is 11.8 Å². The van der Waals surface area contributed by atoms with Crippen LogP contribution < -0.4 is 4.74 Å². The lowest BCUT2D eigenvalue weighted by atomic mass is 10.2. The van der Waals surface area contributed by atoms with Gasteiger partial charge in [-0.15, -0.1) is 0 Å². The van der Waals surface area contributed by atoms with Gasteiger partial charge < -0.3 is 14.4 Å². The minimum atomic E-state index is -1.01. The average Bonchev–Trinajstić information content (AvgIpc) is 2.81. The largest absolute Gasteiger partial charge is 0.484 e. The maximum Gasteiger partial charge on any atom is 0.328 e. The van der Waals surface area contributed by atoms with Crippen molar-refractivity contribution < 1.29 is 19.2 Å². The molecule has 20 heavy (non-hydrogen) atoms. The Morgan fingerprint density at radius 2 is 2.30 bits per heavy atom. The Morgan fingerprint density at radius 1 is 1.50 bits per heavy atom. The summed E-state index contributed by atoms with van der Waals surface area (Å²) in [6, 6.07) is 6.79. The van der Waals surface area contributed by atoms with Crippen LogP contribution in [-0.2, 0) is 11.4 Å². The topological polar surface area (TPSA) is 72.6 Å². The van der Waals surface area contributed by atoms with Crippen molar-refractivity contribution >= 4 is 23.6 Å². The fraction of sp³-hybridized carbons (Fsp3) is 0.143. The second-order valence-electron chi connectivity index (χ2n) is 4.08. The lowest BCUT2D eigenvalue weighted by Gasteiger charge is -2.06. The maximum atomic E-state index is 10.4. The van der Waals surface area contributed by atoms with Crippen LogP contribution in [0.2, 0.25) is 5.02 Å². The first-order valence-electron chi connectivity index (χ1n) is 5.80. The molecular weight excluding hydrogens is 282 g/mol. The third-order valence-corrected chi connectivity index (χ3v) is 2.72. The summed E-state index contributed by atoms with van der Waals surface area (Å²) < 4.78 is 10.5. The second-order valence-corrected chi connectivity index (χ2v) is 4.49. The molecule has 0 spiro atoms. The SMILES string of the molecule is Cc1cc(COc2ccc(C=CC(=O)O)cc2Cl)on1. The van der Waals surface area contributed by atoms with E-state index in [-0.39, 0.29) is 6.61 Å². The number of rotatable bonds is 5. The molecular formula is C14H12ClNO4. The van der Waals surface area contributed by atoms with Gasteiger partial charge in [0.25, 0.3) is 0 Å². The number of nitrogens with zero attached hydrogens (tertiary/aromatic N) is 1. The van der Waals surface area contributed by atoms with Crippen LogP contribution in [0.4, 0.5) is 0 Å². The van der Waals surface area contributed by atoms with Crippen molar-refractivity contribution in [3.8, 4) is 5.75 Å². The van der Waals surface area contributed by atoms with Crippen molar-refractivity contribution in [2.75, 3.05) is 0 Å². The van der Waals surface area contributed by atoms with Crippen molar-refractivity contribution in [2.45, 2.75) is 13.5 Å². The fourth-order valence-electron chi connectivity index (χ4n) is 1.54. The van der Waals surface area contributed by atoms with Crippen LogP contribution >= 0.6 is 11.6 Å². The quantitative estimate of drug-likeness (QED) is 0.856.